The molecule has 16 heavy (non-hydrogen) atoms. The molecule has 0 heterocycles. The third-order valence-electron chi connectivity index (χ3n) is 2.71. The van der Waals surface area contributed by atoms with Crippen molar-refractivity contribution < 1.29 is 5.11 Å². The summed E-state index contributed by atoms with van der Waals surface area (Å²) < 4.78 is 0. The van der Waals surface area contributed by atoms with Crippen LogP contribution in [0.3, 0.4) is 0 Å². The van der Waals surface area contributed by atoms with Gasteiger partial charge in [0.1, 0.15) is 6.07 Å². The first kappa shape index (κ1) is 12.5. The highest BCUT2D eigenvalue weighted by Gasteiger charge is 2.10. The molecular formula is C13H18N2O. The summed E-state index contributed by atoms with van der Waals surface area (Å²) in [6.07, 6.45) is 1.63. The SMILES string of the molecule is CCC(CCO)Nc1c(C)cccc1C#N. The maximum absolute atomic E-state index is 9.02. The number of para-hydroxylation sites is 1. The second-order valence-corrected chi connectivity index (χ2v) is 3.87. The average molecular weight is 218 g/mol. The zero-order valence-electron chi connectivity index (χ0n) is 9.83. The molecule has 0 saturated heterocycles. The molecule has 3 heteroatoms. The fourth-order valence-electron chi connectivity index (χ4n) is 1.69. The molecule has 0 amide bonds. The van der Waals surface area contributed by atoms with Gasteiger partial charge in [-0.3, -0.25) is 0 Å². The second kappa shape index (κ2) is 6.14. The van der Waals surface area contributed by atoms with E-state index in [1.807, 2.05) is 19.1 Å². The first-order valence-corrected chi connectivity index (χ1v) is 5.60. The molecule has 0 aromatic heterocycles. The summed E-state index contributed by atoms with van der Waals surface area (Å²) in [5.74, 6) is 0. The maximum atomic E-state index is 9.02. The fraction of sp³-hybridized carbons (Fsp3) is 0.462. The van der Waals surface area contributed by atoms with Crippen molar-refractivity contribution in [1.29, 1.82) is 5.26 Å². The van der Waals surface area contributed by atoms with Gasteiger partial charge in [-0.1, -0.05) is 19.1 Å². The number of nitrogens with one attached hydrogen (secondary N) is 1. The zero-order chi connectivity index (χ0) is 12.0. The third-order valence-corrected chi connectivity index (χ3v) is 2.71. The van der Waals surface area contributed by atoms with E-state index >= 15 is 0 Å². The minimum atomic E-state index is 0.166. The van der Waals surface area contributed by atoms with Crippen LogP contribution in [0.1, 0.15) is 30.9 Å². The molecule has 86 valence electrons. The molecule has 2 N–H and O–H groups in total. The Morgan fingerprint density at radius 3 is 2.81 bits per heavy atom. The lowest BCUT2D eigenvalue weighted by Crippen LogP contribution is -2.21. The lowest BCUT2D eigenvalue weighted by Gasteiger charge is -2.19. The van der Waals surface area contributed by atoms with Crippen molar-refractivity contribution in [3.05, 3.63) is 29.3 Å². The molecule has 0 saturated carbocycles. The lowest BCUT2D eigenvalue weighted by molar-refractivity contribution is 0.278. The predicted molar refractivity (Wildman–Crippen MR) is 65.3 cm³/mol. The Morgan fingerprint density at radius 2 is 2.25 bits per heavy atom. The Hall–Kier alpha value is -1.53. The van der Waals surface area contributed by atoms with Crippen molar-refractivity contribution in [2.75, 3.05) is 11.9 Å². The van der Waals surface area contributed by atoms with Crippen molar-refractivity contribution in [2.45, 2.75) is 32.7 Å². The van der Waals surface area contributed by atoms with Gasteiger partial charge in [-0.2, -0.15) is 5.26 Å². The molecule has 0 aliphatic rings. The van der Waals surface area contributed by atoms with Crippen LogP contribution >= 0.6 is 0 Å². The van der Waals surface area contributed by atoms with Gasteiger partial charge in [-0.05, 0) is 31.4 Å². The monoisotopic (exact) mass is 218 g/mol. The Labute approximate surface area is 96.7 Å². The number of hydrogen-bond donors (Lipinski definition) is 2. The van der Waals surface area contributed by atoms with E-state index in [1.54, 1.807) is 6.07 Å². The number of anilines is 1. The molecule has 0 spiro atoms. The highest BCUT2D eigenvalue weighted by Crippen LogP contribution is 2.21. The van der Waals surface area contributed by atoms with Crippen molar-refractivity contribution in [3.8, 4) is 6.07 Å². The topological polar surface area (TPSA) is 56.0 Å². The Kier molecular flexibility index (Phi) is 4.81. The number of aryl methyl sites for hydroxylation is 1. The van der Waals surface area contributed by atoms with Crippen molar-refractivity contribution in [2.24, 2.45) is 0 Å². The number of rotatable bonds is 5. The van der Waals surface area contributed by atoms with Gasteiger partial charge in [0.05, 0.1) is 11.3 Å². The number of aliphatic hydroxyl groups excluding tert-OH is 1. The number of nitrogens with zero attached hydrogens (tertiary/aromatic N) is 1. The first-order chi connectivity index (χ1) is 7.72. The van der Waals surface area contributed by atoms with E-state index in [4.69, 9.17) is 10.4 Å². The minimum absolute atomic E-state index is 0.166. The number of aliphatic hydroxyl groups is 1. The van der Waals surface area contributed by atoms with Crippen LogP contribution in [0, 0.1) is 18.3 Å². The van der Waals surface area contributed by atoms with Crippen LogP contribution < -0.4 is 5.32 Å². The van der Waals surface area contributed by atoms with Crippen LogP contribution in [0.15, 0.2) is 18.2 Å². The van der Waals surface area contributed by atoms with Gasteiger partial charge in [0.2, 0.25) is 0 Å². The van der Waals surface area contributed by atoms with E-state index in [-0.39, 0.29) is 12.6 Å². The molecule has 0 bridgehead atoms. The van der Waals surface area contributed by atoms with E-state index in [1.165, 1.54) is 0 Å². The lowest BCUT2D eigenvalue weighted by atomic mass is 10.1. The normalized spacial score (nSPS) is 11.9. The van der Waals surface area contributed by atoms with E-state index in [0.29, 0.717) is 12.0 Å². The number of benzene rings is 1. The Bertz CT molecular complexity index is 382. The van der Waals surface area contributed by atoms with Gasteiger partial charge < -0.3 is 10.4 Å². The van der Waals surface area contributed by atoms with Crippen molar-refractivity contribution >= 4 is 5.69 Å². The summed E-state index contributed by atoms with van der Waals surface area (Å²) in [5, 5.41) is 21.3. The third kappa shape index (κ3) is 2.98. The average Bonchev–Trinajstić information content (AvgIpc) is 2.30. The molecule has 1 aromatic carbocycles. The predicted octanol–water partition coefficient (Wildman–Crippen LogP) is 2.44. The first-order valence-electron chi connectivity index (χ1n) is 5.60. The Morgan fingerprint density at radius 1 is 1.50 bits per heavy atom. The molecule has 3 nitrogen and oxygen atoms in total. The van der Waals surface area contributed by atoms with Gasteiger partial charge >= 0.3 is 0 Å². The molecule has 1 unspecified atom stereocenters. The highest BCUT2D eigenvalue weighted by molar-refractivity contribution is 5.62. The molecular weight excluding hydrogens is 200 g/mol. The zero-order valence-corrected chi connectivity index (χ0v) is 9.83. The van der Waals surface area contributed by atoms with Gasteiger partial charge in [0.25, 0.3) is 0 Å². The van der Waals surface area contributed by atoms with E-state index in [0.717, 1.165) is 17.7 Å². The van der Waals surface area contributed by atoms with Crippen molar-refractivity contribution in [3.63, 3.8) is 0 Å². The summed E-state index contributed by atoms with van der Waals surface area (Å²) in [5.41, 5.74) is 2.62. The maximum Gasteiger partial charge on any atom is 0.101 e. The van der Waals surface area contributed by atoms with Gasteiger partial charge in [-0.25, -0.2) is 0 Å². The summed E-state index contributed by atoms with van der Waals surface area (Å²) in [7, 11) is 0. The molecule has 0 fully saturated rings. The molecule has 1 aromatic rings. The van der Waals surface area contributed by atoms with Crippen LogP contribution in [-0.4, -0.2) is 17.8 Å². The van der Waals surface area contributed by atoms with Crippen LogP contribution in [0.5, 0.6) is 0 Å². The van der Waals surface area contributed by atoms with Crippen molar-refractivity contribution in [1.82, 2.24) is 0 Å². The fourth-order valence-corrected chi connectivity index (χ4v) is 1.69. The summed E-state index contributed by atoms with van der Waals surface area (Å²) in [6, 6.07) is 8.07. The molecule has 0 aliphatic heterocycles. The van der Waals surface area contributed by atoms with E-state index < -0.39 is 0 Å². The van der Waals surface area contributed by atoms with Crippen LogP contribution in [-0.2, 0) is 0 Å². The molecule has 0 radical (unpaired) electrons. The van der Waals surface area contributed by atoms with Crippen LogP contribution in [0.2, 0.25) is 0 Å². The Balaban J connectivity index is 2.91. The molecule has 1 atom stereocenters. The van der Waals surface area contributed by atoms with E-state index in [2.05, 4.69) is 18.3 Å². The quantitative estimate of drug-likeness (QED) is 0.798. The van der Waals surface area contributed by atoms with Gasteiger partial charge in [0, 0.05) is 12.6 Å². The molecule has 0 aliphatic carbocycles. The second-order valence-electron chi connectivity index (χ2n) is 3.87. The van der Waals surface area contributed by atoms with Crippen LogP contribution in [0.25, 0.3) is 0 Å². The van der Waals surface area contributed by atoms with E-state index in [9.17, 15) is 0 Å². The smallest absolute Gasteiger partial charge is 0.101 e. The largest absolute Gasteiger partial charge is 0.396 e. The number of nitriles is 1. The highest BCUT2D eigenvalue weighted by atomic mass is 16.3. The summed E-state index contributed by atoms with van der Waals surface area (Å²) in [6.45, 7) is 4.21. The van der Waals surface area contributed by atoms with Gasteiger partial charge in [-0.15, -0.1) is 0 Å². The standard InChI is InChI=1S/C13H18N2O/c1-3-12(7-8-16)15-13-10(2)5-4-6-11(13)9-14/h4-6,12,15-16H,3,7-8H2,1-2H3. The summed E-state index contributed by atoms with van der Waals surface area (Å²) in [4.78, 5) is 0. The van der Waals surface area contributed by atoms with Crippen LogP contribution in [0.4, 0.5) is 5.69 Å². The minimum Gasteiger partial charge on any atom is -0.396 e. The molecule has 1 rings (SSSR count). The number of hydrogen-bond acceptors (Lipinski definition) is 3. The summed E-state index contributed by atoms with van der Waals surface area (Å²) >= 11 is 0. The van der Waals surface area contributed by atoms with Gasteiger partial charge in [0.15, 0.2) is 0 Å².